The van der Waals surface area contributed by atoms with E-state index in [9.17, 15) is 9.59 Å². The van der Waals surface area contributed by atoms with Crippen LogP contribution in [-0.2, 0) is 9.53 Å². The van der Waals surface area contributed by atoms with Gasteiger partial charge >= 0.3 is 5.97 Å². The summed E-state index contributed by atoms with van der Waals surface area (Å²) in [4.78, 5) is 34.5. The van der Waals surface area contributed by atoms with Gasteiger partial charge < -0.3 is 23.8 Å². The van der Waals surface area contributed by atoms with Crippen LogP contribution >= 0.6 is 11.3 Å². The number of carbonyl (C=O) groups is 1. The second-order valence-electron chi connectivity index (χ2n) is 9.02. The Morgan fingerprint density at radius 2 is 1.70 bits per heavy atom. The largest absolute Gasteiger partial charge is 0.496 e. The summed E-state index contributed by atoms with van der Waals surface area (Å²) >= 11 is 1.26. The van der Waals surface area contributed by atoms with Gasteiger partial charge in [0.25, 0.3) is 5.56 Å². The molecular formula is C30H35N3O6S. The Bertz CT molecular complexity index is 1620. The van der Waals surface area contributed by atoms with Crippen LogP contribution in [0.1, 0.15) is 44.9 Å². The molecule has 40 heavy (non-hydrogen) atoms. The maximum Gasteiger partial charge on any atom is 0.338 e. The van der Waals surface area contributed by atoms with E-state index in [1.165, 1.54) is 11.3 Å². The molecular weight excluding hydrogens is 530 g/mol. The summed E-state index contributed by atoms with van der Waals surface area (Å²) in [5.41, 5.74) is 3.01. The van der Waals surface area contributed by atoms with Crippen molar-refractivity contribution in [1.82, 2.24) is 4.57 Å². The standard InChI is InChI=1S/C30H35N3O6S/c1-8-32(9-2)21-13-11-19(23(17-21)37-6)16-25-28(34)33-27(20-12-14-22(36-5)24(15-20)38-7)26(29(35)39-10-3)18(4)31-30(33)40-25/h11-17,27H,8-10H2,1-7H3/b25-16-/t27-/m0/s1. The van der Waals surface area contributed by atoms with Crippen molar-refractivity contribution in [3.05, 3.63) is 78.5 Å². The molecule has 0 radical (unpaired) electrons. The minimum atomic E-state index is -0.760. The average Bonchev–Trinajstić information content (AvgIpc) is 3.27. The van der Waals surface area contributed by atoms with Crippen molar-refractivity contribution in [3.8, 4) is 17.2 Å². The summed E-state index contributed by atoms with van der Waals surface area (Å²) in [7, 11) is 4.71. The number of rotatable bonds is 10. The van der Waals surface area contributed by atoms with Crippen molar-refractivity contribution >= 4 is 29.1 Å². The van der Waals surface area contributed by atoms with Crippen LogP contribution in [-0.4, -0.2) is 51.6 Å². The highest BCUT2D eigenvalue weighted by molar-refractivity contribution is 7.07. The molecule has 0 spiro atoms. The Balaban J connectivity index is 1.93. The van der Waals surface area contributed by atoms with Crippen LogP contribution in [0.15, 0.2) is 57.5 Å². The molecule has 0 bridgehead atoms. The molecule has 9 nitrogen and oxygen atoms in total. The first-order valence-corrected chi connectivity index (χ1v) is 14.0. The number of benzene rings is 2. The molecule has 2 heterocycles. The maximum absolute atomic E-state index is 14.0. The highest BCUT2D eigenvalue weighted by Crippen LogP contribution is 2.36. The maximum atomic E-state index is 14.0. The zero-order chi connectivity index (χ0) is 29.0. The van der Waals surface area contributed by atoms with E-state index in [1.54, 1.807) is 51.9 Å². The number of hydrogen-bond donors (Lipinski definition) is 0. The number of anilines is 1. The van der Waals surface area contributed by atoms with Gasteiger partial charge in [-0.15, -0.1) is 0 Å². The summed E-state index contributed by atoms with van der Waals surface area (Å²) in [5, 5.41) is 0. The Morgan fingerprint density at radius 3 is 2.33 bits per heavy atom. The van der Waals surface area contributed by atoms with Crippen LogP contribution in [0.25, 0.3) is 6.08 Å². The van der Waals surface area contributed by atoms with Gasteiger partial charge in [-0.2, -0.15) is 0 Å². The topological polar surface area (TPSA) is 91.6 Å². The molecule has 0 saturated carbocycles. The number of esters is 1. The van der Waals surface area contributed by atoms with Gasteiger partial charge in [-0.3, -0.25) is 9.36 Å². The molecule has 0 amide bonds. The zero-order valence-corrected chi connectivity index (χ0v) is 24.8. The van der Waals surface area contributed by atoms with E-state index in [0.717, 1.165) is 24.3 Å². The van der Waals surface area contributed by atoms with Gasteiger partial charge in [0.05, 0.1) is 49.8 Å². The van der Waals surface area contributed by atoms with Gasteiger partial charge in [0.1, 0.15) is 5.75 Å². The van der Waals surface area contributed by atoms with E-state index >= 15 is 0 Å². The number of hydrogen-bond acceptors (Lipinski definition) is 9. The van der Waals surface area contributed by atoms with Crippen molar-refractivity contribution in [2.24, 2.45) is 4.99 Å². The normalized spacial score (nSPS) is 14.9. The number of nitrogens with zero attached hydrogens (tertiary/aromatic N) is 3. The van der Waals surface area contributed by atoms with Gasteiger partial charge in [0, 0.05) is 30.4 Å². The predicted octanol–water partition coefficient (Wildman–Crippen LogP) is 3.67. The van der Waals surface area contributed by atoms with Gasteiger partial charge in [0.15, 0.2) is 16.3 Å². The minimum Gasteiger partial charge on any atom is -0.496 e. The fraction of sp³-hybridized carbons (Fsp3) is 0.367. The average molecular weight is 566 g/mol. The molecule has 0 saturated heterocycles. The van der Waals surface area contributed by atoms with Crippen LogP contribution in [0.4, 0.5) is 5.69 Å². The fourth-order valence-electron chi connectivity index (χ4n) is 4.88. The molecule has 1 aliphatic rings. The lowest BCUT2D eigenvalue weighted by atomic mass is 9.95. The number of aromatic nitrogens is 1. The quantitative estimate of drug-likeness (QED) is 0.347. The molecule has 10 heteroatoms. The SMILES string of the molecule is CCOC(=O)C1=C(C)N=c2s/c(=C\c3ccc(N(CC)CC)cc3OC)c(=O)n2[C@H]1c1ccc(OC)c(OC)c1. The van der Waals surface area contributed by atoms with E-state index in [4.69, 9.17) is 18.9 Å². The number of ether oxygens (including phenoxy) is 4. The summed E-state index contributed by atoms with van der Waals surface area (Å²) < 4.78 is 24.0. The highest BCUT2D eigenvalue weighted by atomic mass is 32.1. The number of carbonyl (C=O) groups excluding carboxylic acids is 1. The lowest BCUT2D eigenvalue weighted by Gasteiger charge is -2.25. The van der Waals surface area contributed by atoms with Crippen molar-refractivity contribution in [2.75, 3.05) is 45.9 Å². The molecule has 1 atom stereocenters. The third-order valence-electron chi connectivity index (χ3n) is 6.87. The highest BCUT2D eigenvalue weighted by Gasteiger charge is 2.34. The third kappa shape index (κ3) is 5.36. The molecule has 1 aromatic heterocycles. The molecule has 0 aliphatic carbocycles. The van der Waals surface area contributed by atoms with Crippen molar-refractivity contribution in [1.29, 1.82) is 0 Å². The monoisotopic (exact) mass is 565 g/mol. The van der Waals surface area contributed by atoms with Gasteiger partial charge in [0.2, 0.25) is 0 Å². The van der Waals surface area contributed by atoms with E-state index < -0.39 is 12.0 Å². The summed E-state index contributed by atoms with van der Waals surface area (Å²) in [6, 6.07) is 10.5. The number of fused-ring (bicyclic) bond motifs is 1. The summed E-state index contributed by atoms with van der Waals surface area (Å²) in [6.45, 7) is 9.64. The molecule has 0 N–H and O–H groups in total. The Hall–Kier alpha value is -4.05. The Morgan fingerprint density at radius 1 is 1.00 bits per heavy atom. The van der Waals surface area contributed by atoms with E-state index in [-0.39, 0.29) is 12.2 Å². The number of thiazole rings is 1. The molecule has 1 aliphatic heterocycles. The van der Waals surface area contributed by atoms with Crippen LogP contribution in [0.5, 0.6) is 17.2 Å². The zero-order valence-electron chi connectivity index (χ0n) is 23.9. The lowest BCUT2D eigenvalue weighted by Crippen LogP contribution is -2.40. The first kappa shape index (κ1) is 28.9. The van der Waals surface area contributed by atoms with E-state index in [0.29, 0.717) is 43.4 Å². The van der Waals surface area contributed by atoms with Gasteiger partial charge in [-0.05, 0) is 63.6 Å². The second-order valence-corrected chi connectivity index (χ2v) is 10.0. The molecule has 0 fully saturated rings. The van der Waals surface area contributed by atoms with Crippen molar-refractivity contribution < 1.29 is 23.7 Å². The summed E-state index contributed by atoms with van der Waals surface area (Å²) in [6.07, 6.45) is 1.81. The van der Waals surface area contributed by atoms with E-state index in [1.807, 2.05) is 30.3 Å². The lowest BCUT2D eigenvalue weighted by molar-refractivity contribution is -0.139. The predicted molar refractivity (Wildman–Crippen MR) is 156 cm³/mol. The van der Waals surface area contributed by atoms with Crippen LogP contribution in [0.3, 0.4) is 0 Å². The van der Waals surface area contributed by atoms with Crippen molar-refractivity contribution in [2.45, 2.75) is 33.7 Å². The fourth-order valence-corrected chi connectivity index (χ4v) is 5.91. The van der Waals surface area contributed by atoms with Crippen LogP contribution in [0.2, 0.25) is 0 Å². The Labute approximate surface area is 237 Å². The first-order valence-electron chi connectivity index (χ1n) is 13.2. The van der Waals surface area contributed by atoms with E-state index in [2.05, 4.69) is 23.7 Å². The molecule has 3 aromatic rings. The molecule has 212 valence electrons. The smallest absolute Gasteiger partial charge is 0.338 e. The number of methoxy groups -OCH3 is 3. The van der Waals surface area contributed by atoms with Gasteiger partial charge in [-0.25, -0.2) is 9.79 Å². The molecule has 2 aromatic carbocycles. The van der Waals surface area contributed by atoms with Crippen LogP contribution < -0.4 is 34.0 Å². The second kappa shape index (κ2) is 12.4. The van der Waals surface area contributed by atoms with Crippen LogP contribution in [0, 0.1) is 0 Å². The number of allylic oxidation sites excluding steroid dienone is 1. The third-order valence-corrected chi connectivity index (χ3v) is 7.86. The summed E-state index contributed by atoms with van der Waals surface area (Å²) in [5.74, 6) is 1.16. The Kier molecular flexibility index (Phi) is 8.99. The minimum absolute atomic E-state index is 0.196. The molecule has 4 rings (SSSR count). The van der Waals surface area contributed by atoms with Gasteiger partial charge in [-0.1, -0.05) is 17.4 Å². The first-order chi connectivity index (χ1) is 19.3. The van der Waals surface area contributed by atoms with Crippen molar-refractivity contribution in [3.63, 3.8) is 0 Å². The molecule has 0 unspecified atom stereocenters.